The van der Waals surface area contributed by atoms with Crippen LogP contribution < -0.4 is 4.72 Å². The number of rotatable bonds is 5. The molecule has 120 valence electrons. The Bertz CT molecular complexity index is 689. The molecule has 2 heterocycles. The summed E-state index contributed by atoms with van der Waals surface area (Å²) in [4.78, 5) is 28.4. The average Bonchev–Trinajstić information content (AvgIpc) is 2.97. The lowest BCUT2D eigenvalue weighted by molar-refractivity contribution is 0.0690. The van der Waals surface area contributed by atoms with Crippen LogP contribution in [0.5, 0.6) is 0 Å². The van der Waals surface area contributed by atoms with Crippen LogP contribution in [0.15, 0.2) is 18.2 Å². The van der Waals surface area contributed by atoms with Gasteiger partial charge in [-0.05, 0) is 18.6 Å². The van der Waals surface area contributed by atoms with E-state index < -0.39 is 27.1 Å². The second kappa shape index (κ2) is 6.41. The van der Waals surface area contributed by atoms with Crippen LogP contribution in [0.3, 0.4) is 0 Å². The summed E-state index contributed by atoms with van der Waals surface area (Å²) >= 11 is 0. The van der Waals surface area contributed by atoms with Gasteiger partial charge >= 0.3 is 5.97 Å². The van der Waals surface area contributed by atoms with Crippen molar-refractivity contribution in [1.82, 2.24) is 14.6 Å². The van der Waals surface area contributed by atoms with Crippen molar-refractivity contribution in [2.24, 2.45) is 0 Å². The molecule has 1 aliphatic heterocycles. The van der Waals surface area contributed by atoms with E-state index in [2.05, 4.69) is 9.71 Å². The van der Waals surface area contributed by atoms with Crippen LogP contribution in [-0.2, 0) is 10.0 Å². The Morgan fingerprint density at radius 3 is 2.73 bits per heavy atom. The van der Waals surface area contributed by atoms with E-state index in [-0.39, 0.29) is 17.9 Å². The molecule has 0 bridgehead atoms. The number of sulfonamides is 1. The standard InChI is InChI=1S/C13H17N3O5S/c1-2-14-22(20,21)9-6-7-16(8-9)12(17)10-4-3-5-11(15-10)13(18)19/h3-5,9,14H,2,6-8H2,1H3,(H,18,19). The minimum atomic E-state index is -3.44. The van der Waals surface area contributed by atoms with E-state index in [0.29, 0.717) is 19.5 Å². The lowest BCUT2D eigenvalue weighted by Gasteiger charge is -2.16. The van der Waals surface area contributed by atoms with Gasteiger partial charge in [-0.15, -0.1) is 0 Å². The molecule has 1 aliphatic rings. The SMILES string of the molecule is CCNS(=O)(=O)C1CCN(C(=O)c2cccc(C(=O)O)n2)C1. The molecule has 0 aliphatic carbocycles. The van der Waals surface area contributed by atoms with Crippen molar-refractivity contribution >= 4 is 21.9 Å². The highest BCUT2D eigenvalue weighted by atomic mass is 32.2. The number of nitrogens with one attached hydrogen (secondary N) is 1. The fraction of sp³-hybridized carbons (Fsp3) is 0.462. The summed E-state index contributed by atoms with van der Waals surface area (Å²) in [7, 11) is -3.44. The van der Waals surface area contributed by atoms with E-state index in [1.165, 1.54) is 23.1 Å². The number of pyridine rings is 1. The molecule has 8 nitrogen and oxygen atoms in total. The number of likely N-dealkylation sites (tertiary alicyclic amines) is 1. The smallest absolute Gasteiger partial charge is 0.354 e. The number of aromatic carboxylic acids is 1. The fourth-order valence-corrected chi connectivity index (χ4v) is 3.75. The third kappa shape index (κ3) is 3.42. The van der Waals surface area contributed by atoms with Crippen LogP contribution in [0.25, 0.3) is 0 Å². The summed E-state index contributed by atoms with van der Waals surface area (Å²) in [5.74, 6) is -1.68. The third-order valence-electron chi connectivity index (χ3n) is 3.40. The Morgan fingerprint density at radius 1 is 1.41 bits per heavy atom. The highest BCUT2D eigenvalue weighted by molar-refractivity contribution is 7.90. The van der Waals surface area contributed by atoms with E-state index in [4.69, 9.17) is 5.11 Å². The van der Waals surface area contributed by atoms with Crippen LogP contribution in [0, 0.1) is 0 Å². The molecule has 0 spiro atoms. The number of carboxylic acid groups (broad SMARTS) is 1. The van der Waals surface area contributed by atoms with E-state index in [1.54, 1.807) is 6.92 Å². The van der Waals surface area contributed by atoms with Crippen molar-refractivity contribution in [1.29, 1.82) is 0 Å². The monoisotopic (exact) mass is 327 g/mol. The molecule has 0 saturated carbocycles. The topological polar surface area (TPSA) is 117 Å². The van der Waals surface area contributed by atoms with Crippen molar-refractivity contribution in [2.45, 2.75) is 18.6 Å². The quantitative estimate of drug-likeness (QED) is 0.782. The van der Waals surface area contributed by atoms with Gasteiger partial charge in [-0.2, -0.15) is 0 Å². The largest absolute Gasteiger partial charge is 0.477 e. The Balaban J connectivity index is 2.12. The molecule has 22 heavy (non-hydrogen) atoms. The van der Waals surface area contributed by atoms with E-state index in [1.807, 2.05) is 0 Å². The predicted molar refractivity (Wildman–Crippen MR) is 78.1 cm³/mol. The van der Waals surface area contributed by atoms with Gasteiger partial charge in [-0.3, -0.25) is 4.79 Å². The average molecular weight is 327 g/mol. The van der Waals surface area contributed by atoms with Crippen LogP contribution in [-0.4, -0.2) is 60.2 Å². The normalized spacial score (nSPS) is 18.4. The van der Waals surface area contributed by atoms with Crippen LogP contribution in [0.2, 0.25) is 0 Å². The number of carbonyl (C=O) groups excluding carboxylic acids is 1. The number of hydrogen-bond donors (Lipinski definition) is 2. The zero-order valence-corrected chi connectivity index (χ0v) is 12.8. The molecule has 1 aromatic heterocycles. The molecule has 1 unspecified atom stereocenters. The van der Waals surface area contributed by atoms with Gasteiger partial charge in [-0.1, -0.05) is 13.0 Å². The number of nitrogens with zero attached hydrogens (tertiary/aromatic N) is 2. The minimum absolute atomic E-state index is 0.00130. The first-order valence-corrected chi connectivity index (χ1v) is 8.38. The van der Waals surface area contributed by atoms with Crippen molar-refractivity contribution in [3.63, 3.8) is 0 Å². The lowest BCUT2D eigenvalue weighted by Crippen LogP contribution is -2.37. The minimum Gasteiger partial charge on any atom is -0.477 e. The zero-order chi connectivity index (χ0) is 16.3. The maximum atomic E-state index is 12.3. The van der Waals surface area contributed by atoms with Gasteiger partial charge in [-0.25, -0.2) is 22.9 Å². The Morgan fingerprint density at radius 2 is 2.09 bits per heavy atom. The summed E-state index contributed by atoms with van der Waals surface area (Å²) < 4.78 is 26.3. The number of hydrogen-bond acceptors (Lipinski definition) is 5. The summed E-state index contributed by atoms with van der Waals surface area (Å²) in [5, 5.41) is 8.24. The Kier molecular flexibility index (Phi) is 4.77. The van der Waals surface area contributed by atoms with Crippen LogP contribution in [0.1, 0.15) is 34.3 Å². The van der Waals surface area contributed by atoms with E-state index in [0.717, 1.165) is 0 Å². The Labute approximate surface area is 128 Å². The molecule has 9 heteroatoms. The third-order valence-corrected chi connectivity index (χ3v) is 5.36. The first-order valence-electron chi connectivity index (χ1n) is 6.83. The number of carbonyl (C=O) groups is 2. The molecular weight excluding hydrogens is 310 g/mol. The van der Waals surface area contributed by atoms with E-state index >= 15 is 0 Å². The number of carboxylic acids is 1. The van der Waals surface area contributed by atoms with Gasteiger partial charge in [0.15, 0.2) is 0 Å². The Hall–Kier alpha value is -2.00. The number of aromatic nitrogens is 1. The van der Waals surface area contributed by atoms with Crippen molar-refractivity contribution < 1.29 is 23.1 Å². The summed E-state index contributed by atoms with van der Waals surface area (Å²) in [6, 6.07) is 4.15. The molecule has 0 aromatic carbocycles. The molecule has 2 N–H and O–H groups in total. The second-order valence-corrected chi connectivity index (χ2v) is 6.96. The van der Waals surface area contributed by atoms with Crippen LogP contribution in [0.4, 0.5) is 0 Å². The lowest BCUT2D eigenvalue weighted by atomic mass is 10.3. The molecule has 2 rings (SSSR count). The first-order chi connectivity index (χ1) is 10.3. The summed E-state index contributed by atoms with van der Waals surface area (Å²) in [5.41, 5.74) is -0.219. The summed E-state index contributed by atoms with van der Waals surface area (Å²) in [6.07, 6.45) is 0.347. The molecule has 1 amide bonds. The molecule has 0 radical (unpaired) electrons. The highest BCUT2D eigenvalue weighted by Crippen LogP contribution is 2.18. The molecule has 1 saturated heterocycles. The second-order valence-electron chi connectivity index (χ2n) is 4.92. The maximum absolute atomic E-state index is 12.3. The molecule has 1 aromatic rings. The molecule has 1 atom stereocenters. The van der Waals surface area contributed by atoms with Gasteiger partial charge < -0.3 is 10.0 Å². The van der Waals surface area contributed by atoms with Gasteiger partial charge in [0, 0.05) is 19.6 Å². The predicted octanol–water partition coefficient (Wildman–Crippen LogP) is -0.0664. The van der Waals surface area contributed by atoms with Crippen molar-refractivity contribution in [3.8, 4) is 0 Å². The van der Waals surface area contributed by atoms with E-state index in [9.17, 15) is 18.0 Å². The van der Waals surface area contributed by atoms with Gasteiger partial charge in [0.2, 0.25) is 10.0 Å². The highest BCUT2D eigenvalue weighted by Gasteiger charge is 2.35. The van der Waals surface area contributed by atoms with Crippen LogP contribution >= 0.6 is 0 Å². The van der Waals surface area contributed by atoms with Gasteiger partial charge in [0.05, 0.1) is 5.25 Å². The maximum Gasteiger partial charge on any atom is 0.354 e. The summed E-state index contributed by atoms with van der Waals surface area (Å²) in [6.45, 7) is 2.37. The van der Waals surface area contributed by atoms with Gasteiger partial charge in [0.1, 0.15) is 11.4 Å². The molecular formula is C13H17N3O5S. The molecule has 1 fully saturated rings. The van der Waals surface area contributed by atoms with Crippen molar-refractivity contribution in [3.05, 3.63) is 29.6 Å². The first kappa shape index (κ1) is 16.4. The fourth-order valence-electron chi connectivity index (χ4n) is 2.32. The zero-order valence-electron chi connectivity index (χ0n) is 12.0. The van der Waals surface area contributed by atoms with Gasteiger partial charge in [0.25, 0.3) is 5.91 Å². The van der Waals surface area contributed by atoms with Crippen molar-refractivity contribution in [2.75, 3.05) is 19.6 Å². The number of amides is 1.